The fraction of sp³-hybridized carbons (Fsp3) is 0.133. The number of halogens is 2. The van der Waals surface area contributed by atoms with Gasteiger partial charge in [0.1, 0.15) is 11.6 Å². The maximum atomic E-state index is 12.9. The van der Waals surface area contributed by atoms with E-state index in [9.17, 15) is 9.18 Å². The lowest BCUT2D eigenvalue weighted by Gasteiger charge is -2.08. The van der Waals surface area contributed by atoms with Crippen molar-refractivity contribution in [2.75, 3.05) is 11.9 Å². The molecule has 0 radical (unpaired) electrons. The number of nitrogens with one attached hydrogen (secondary N) is 1. The minimum atomic E-state index is -0.320. The van der Waals surface area contributed by atoms with E-state index >= 15 is 0 Å². The normalized spacial score (nSPS) is 10.1. The van der Waals surface area contributed by atoms with Crippen LogP contribution in [0.4, 0.5) is 10.1 Å². The van der Waals surface area contributed by atoms with Gasteiger partial charge in [0.05, 0.1) is 18.7 Å². The van der Waals surface area contributed by atoms with Crippen molar-refractivity contribution in [3.05, 3.63) is 57.9 Å². The summed E-state index contributed by atoms with van der Waals surface area (Å²) in [6.45, 7) is 0.299. The van der Waals surface area contributed by atoms with Crippen molar-refractivity contribution >= 4 is 34.2 Å². The van der Waals surface area contributed by atoms with E-state index in [0.717, 1.165) is 5.75 Å². The molecule has 0 aliphatic rings. The number of ether oxygens (including phenoxy) is 1. The number of rotatable bonds is 5. The highest BCUT2D eigenvalue weighted by molar-refractivity contribution is 14.1. The predicted molar refractivity (Wildman–Crippen MR) is 84.3 cm³/mol. The van der Waals surface area contributed by atoms with Gasteiger partial charge in [-0.2, -0.15) is 0 Å². The van der Waals surface area contributed by atoms with Gasteiger partial charge in [-0.15, -0.1) is 0 Å². The fourth-order valence-electron chi connectivity index (χ4n) is 1.58. The van der Waals surface area contributed by atoms with Crippen molar-refractivity contribution in [1.82, 2.24) is 0 Å². The summed E-state index contributed by atoms with van der Waals surface area (Å²) in [6, 6.07) is 13.5. The Morgan fingerprint density at radius 1 is 1.20 bits per heavy atom. The van der Waals surface area contributed by atoms with E-state index in [4.69, 9.17) is 4.74 Å². The van der Waals surface area contributed by atoms with E-state index < -0.39 is 0 Å². The molecule has 0 bridgehead atoms. The number of hydrogen-bond acceptors (Lipinski definition) is 2. The number of anilines is 1. The molecule has 0 saturated heterocycles. The van der Waals surface area contributed by atoms with E-state index in [1.54, 1.807) is 6.07 Å². The van der Waals surface area contributed by atoms with Crippen molar-refractivity contribution in [2.45, 2.75) is 6.42 Å². The molecule has 0 aliphatic carbocycles. The minimum absolute atomic E-state index is 0.162. The van der Waals surface area contributed by atoms with Gasteiger partial charge in [0, 0.05) is 3.57 Å². The van der Waals surface area contributed by atoms with E-state index in [1.807, 2.05) is 52.9 Å². The Kier molecular flexibility index (Phi) is 5.34. The number of benzene rings is 2. The average Bonchev–Trinajstić information content (AvgIpc) is 2.43. The lowest BCUT2D eigenvalue weighted by molar-refractivity contribution is -0.116. The molecule has 0 fully saturated rings. The Morgan fingerprint density at radius 3 is 2.65 bits per heavy atom. The molecule has 0 saturated carbocycles. The zero-order valence-electron chi connectivity index (χ0n) is 10.6. The van der Waals surface area contributed by atoms with Gasteiger partial charge in [-0.25, -0.2) is 4.39 Å². The molecule has 2 aromatic carbocycles. The van der Waals surface area contributed by atoms with Gasteiger partial charge in [-0.05, 0) is 52.9 Å². The van der Waals surface area contributed by atoms with Crippen molar-refractivity contribution in [2.24, 2.45) is 0 Å². The van der Waals surface area contributed by atoms with Crippen LogP contribution in [0, 0.1) is 9.39 Å². The third-order valence-corrected chi connectivity index (χ3v) is 3.44. The van der Waals surface area contributed by atoms with Crippen LogP contribution in [0.5, 0.6) is 5.75 Å². The molecule has 1 amide bonds. The largest absolute Gasteiger partial charge is 0.493 e. The molecule has 0 heterocycles. The van der Waals surface area contributed by atoms with Crippen LogP contribution < -0.4 is 10.1 Å². The van der Waals surface area contributed by atoms with Gasteiger partial charge in [0.25, 0.3) is 0 Å². The molecule has 2 aromatic rings. The summed E-state index contributed by atoms with van der Waals surface area (Å²) in [4.78, 5) is 11.8. The third-order valence-electron chi connectivity index (χ3n) is 2.55. The average molecular weight is 385 g/mol. The highest BCUT2D eigenvalue weighted by Gasteiger charge is 2.06. The van der Waals surface area contributed by atoms with Crippen molar-refractivity contribution < 1.29 is 13.9 Å². The summed E-state index contributed by atoms with van der Waals surface area (Å²) in [6.07, 6.45) is 0.238. The highest BCUT2D eigenvalue weighted by atomic mass is 127. The molecule has 1 N–H and O–H groups in total. The second-order valence-corrected chi connectivity index (χ2v) is 5.25. The summed E-state index contributed by atoms with van der Waals surface area (Å²) in [7, 11) is 0. The Labute approximate surface area is 130 Å². The Morgan fingerprint density at radius 2 is 1.95 bits per heavy atom. The van der Waals surface area contributed by atoms with E-state index in [2.05, 4.69) is 5.32 Å². The zero-order chi connectivity index (χ0) is 14.4. The second-order valence-electron chi connectivity index (χ2n) is 4.08. The predicted octanol–water partition coefficient (Wildman–Crippen LogP) is 3.84. The van der Waals surface area contributed by atoms with Gasteiger partial charge in [0.2, 0.25) is 5.91 Å². The summed E-state index contributed by atoms with van der Waals surface area (Å²) in [5, 5.41) is 2.73. The lowest BCUT2D eigenvalue weighted by atomic mass is 10.3. The molecule has 0 atom stereocenters. The number of carbonyl (C=O) groups excluding carboxylic acids is 1. The topological polar surface area (TPSA) is 38.3 Å². The van der Waals surface area contributed by atoms with Crippen molar-refractivity contribution in [3.63, 3.8) is 0 Å². The molecule has 0 unspecified atom stereocenters. The van der Waals surface area contributed by atoms with Gasteiger partial charge in [-0.3, -0.25) is 4.79 Å². The number of carbonyl (C=O) groups is 1. The SMILES string of the molecule is O=C(CCOc1ccccc1)Nc1ccc(F)cc1I. The van der Waals surface area contributed by atoms with Crippen LogP contribution in [0.15, 0.2) is 48.5 Å². The quantitative estimate of drug-likeness (QED) is 0.795. The maximum absolute atomic E-state index is 12.9. The summed E-state index contributed by atoms with van der Waals surface area (Å²) in [5.41, 5.74) is 0.608. The summed E-state index contributed by atoms with van der Waals surface area (Å²) in [5.74, 6) is 0.252. The zero-order valence-corrected chi connectivity index (χ0v) is 12.8. The van der Waals surface area contributed by atoms with E-state index in [1.165, 1.54) is 12.1 Å². The molecular formula is C15H13FINO2. The first-order valence-electron chi connectivity index (χ1n) is 6.08. The molecule has 104 valence electrons. The van der Waals surface area contributed by atoms with Gasteiger partial charge in [-0.1, -0.05) is 18.2 Å². The van der Waals surface area contributed by atoms with Crippen LogP contribution in [0.3, 0.4) is 0 Å². The number of amides is 1. The smallest absolute Gasteiger partial charge is 0.227 e. The molecule has 0 spiro atoms. The summed E-state index contributed by atoms with van der Waals surface area (Å²) >= 11 is 1.98. The summed E-state index contributed by atoms with van der Waals surface area (Å²) < 4.78 is 19.0. The fourth-order valence-corrected chi connectivity index (χ4v) is 2.19. The molecule has 0 aromatic heterocycles. The molecule has 0 aliphatic heterocycles. The second kappa shape index (κ2) is 7.23. The third kappa shape index (κ3) is 4.48. The highest BCUT2D eigenvalue weighted by Crippen LogP contribution is 2.19. The Balaban J connectivity index is 1.81. The van der Waals surface area contributed by atoms with Crippen molar-refractivity contribution in [3.8, 4) is 5.75 Å². The molecule has 5 heteroatoms. The minimum Gasteiger partial charge on any atom is -0.493 e. The molecule has 3 nitrogen and oxygen atoms in total. The first-order valence-corrected chi connectivity index (χ1v) is 7.16. The van der Waals surface area contributed by atoms with Crippen LogP contribution in [-0.4, -0.2) is 12.5 Å². The Bertz CT molecular complexity index is 590. The standard InChI is InChI=1S/C15H13FINO2/c16-11-6-7-14(13(17)10-11)18-15(19)8-9-20-12-4-2-1-3-5-12/h1-7,10H,8-9H2,(H,18,19). The van der Waals surface area contributed by atoms with Crippen LogP contribution in [0.2, 0.25) is 0 Å². The number of para-hydroxylation sites is 1. The van der Waals surface area contributed by atoms with Crippen LogP contribution in [0.25, 0.3) is 0 Å². The van der Waals surface area contributed by atoms with Crippen LogP contribution in [-0.2, 0) is 4.79 Å². The molecular weight excluding hydrogens is 372 g/mol. The lowest BCUT2D eigenvalue weighted by Crippen LogP contribution is -2.15. The monoisotopic (exact) mass is 385 g/mol. The van der Waals surface area contributed by atoms with Gasteiger partial charge < -0.3 is 10.1 Å². The maximum Gasteiger partial charge on any atom is 0.227 e. The Hall–Kier alpha value is -1.63. The van der Waals surface area contributed by atoms with Crippen molar-refractivity contribution in [1.29, 1.82) is 0 Å². The van der Waals surface area contributed by atoms with Gasteiger partial charge in [0.15, 0.2) is 0 Å². The first kappa shape index (κ1) is 14.8. The molecule has 20 heavy (non-hydrogen) atoms. The van der Waals surface area contributed by atoms with Gasteiger partial charge >= 0.3 is 0 Å². The van der Waals surface area contributed by atoms with Crippen LogP contribution >= 0.6 is 22.6 Å². The van der Waals surface area contributed by atoms with E-state index in [-0.39, 0.29) is 18.1 Å². The van der Waals surface area contributed by atoms with Crippen LogP contribution in [0.1, 0.15) is 6.42 Å². The molecule has 2 rings (SSSR count). The first-order chi connectivity index (χ1) is 9.65. The van der Waals surface area contributed by atoms with E-state index in [0.29, 0.717) is 15.9 Å². The number of hydrogen-bond donors (Lipinski definition) is 1.